The van der Waals surface area contributed by atoms with Gasteiger partial charge in [-0.25, -0.2) is 4.98 Å². The van der Waals surface area contributed by atoms with E-state index in [1.165, 1.54) is 30.0 Å². The van der Waals surface area contributed by atoms with E-state index in [2.05, 4.69) is 43.4 Å². The van der Waals surface area contributed by atoms with Crippen LogP contribution >= 0.6 is 11.3 Å². The van der Waals surface area contributed by atoms with E-state index in [0.29, 0.717) is 5.41 Å². The number of nitrogens with zero attached hydrogens (tertiary/aromatic N) is 1. The lowest BCUT2D eigenvalue weighted by Gasteiger charge is -2.29. The van der Waals surface area contributed by atoms with E-state index >= 15 is 0 Å². The molecule has 0 amide bonds. The van der Waals surface area contributed by atoms with Crippen molar-refractivity contribution in [2.24, 2.45) is 5.41 Å². The topological polar surface area (TPSA) is 24.9 Å². The normalized spacial score (nSPS) is 14.8. The van der Waals surface area contributed by atoms with Crippen LogP contribution in [-0.2, 0) is 6.42 Å². The van der Waals surface area contributed by atoms with Crippen molar-refractivity contribution in [3.8, 4) is 0 Å². The molecule has 1 atom stereocenters. The van der Waals surface area contributed by atoms with Crippen LogP contribution in [-0.4, -0.2) is 18.1 Å². The number of hydrogen-bond acceptors (Lipinski definition) is 3. The third kappa shape index (κ3) is 5.17. The van der Waals surface area contributed by atoms with Crippen LogP contribution in [0.3, 0.4) is 0 Å². The second-order valence-corrected chi connectivity index (χ2v) is 6.33. The van der Waals surface area contributed by atoms with E-state index < -0.39 is 0 Å². The Morgan fingerprint density at radius 1 is 1.35 bits per heavy atom. The largest absolute Gasteiger partial charge is 0.316 e. The predicted octanol–water partition coefficient (Wildman–Crippen LogP) is 3.80. The van der Waals surface area contributed by atoms with Crippen LogP contribution in [0.4, 0.5) is 0 Å². The van der Waals surface area contributed by atoms with E-state index in [4.69, 9.17) is 0 Å². The van der Waals surface area contributed by atoms with Crippen molar-refractivity contribution in [2.45, 2.75) is 53.4 Å². The maximum atomic E-state index is 4.60. The molecule has 1 heterocycles. The number of thiazole rings is 1. The molecule has 0 saturated carbocycles. The van der Waals surface area contributed by atoms with Gasteiger partial charge in [0.1, 0.15) is 0 Å². The van der Waals surface area contributed by atoms with Gasteiger partial charge in [0.15, 0.2) is 0 Å². The maximum Gasteiger partial charge on any atom is 0.0897 e. The zero-order valence-electron chi connectivity index (χ0n) is 11.7. The Labute approximate surface area is 110 Å². The van der Waals surface area contributed by atoms with Gasteiger partial charge in [0.25, 0.3) is 0 Å². The molecule has 0 aliphatic carbocycles. The van der Waals surface area contributed by atoms with E-state index in [-0.39, 0.29) is 0 Å². The van der Waals surface area contributed by atoms with Crippen LogP contribution in [0.2, 0.25) is 0 Å². The average Bonchev–Trinajstić information content (AvgIpc) is 2.64. The molecule has 0 bridgehead atoms. The molecule has 0 aliphatic rings. The van der Waals surface area contributed by atoms with E-state index in [9.17, 15) is 0 Å². The fourth-order valence-corrected chi connectivity index (χ4v) is 2.95. The van der Waals surface area contributed by atoms with Crippen LogP contribution in [0.25, 0.3) is 0 Å². The van der Waals surface area contributed by atoms with Gasteiger partial charge in [-0.3, -0.25) is 0 Å². The summed E-state index contributed by atoms with van der Waals surface area (Å²) in [5.41, 5.74) is 1.62. The zero-order chi connectivity index (χ0) is 12.7. The second-order valence-electron chi connectivity index (χ2n) is 5.27. The zero-order valence-corrected chi connectivity index (χ0v) is 12.5. The SMILES string of the molecule is CCCNCC(C)(CCC)Cc1csc(C)n1. The molecule has 98 valence electrons. The smallest absolute Gasteiger partial charge is 0.0897 e. The Kier molecular flexibility index (Phi) is 6.14. The first-order valence-electron chi connectivity index (χ1n) is 6.71. The van der Waals surface area contributed by atoms with E-state index in [1.54, 1.807) is 11.3 Å². The van der Waals surface area contributed by atoms with Crippen molar-refractivity contribution in [2.75, 3.05) is 13.1 Å². The standard InChI is InChI=1S/C14H26N2S/c1-5-7-14(4,11-15-8-6-2)9-13-10-17-12(3)16-13/h10,15H,5-9,11H2,1-4H3. The first kappa shape index (κ1) is 14.7. The highest BCUT2D eigenvalue weighted by Crippen LogP contribution is 2.28. The van der Waals surface area contributed by atoms with Gasteiger partial charge in [0, 0.05) is 11.9 Å². The van der Waals surface area contributed by atoms with Crippen LogP contribution in [0.15, 0.2) is 5.38 Å². The highest BCUT2D eigenvalue weighted by Gasteiger charge is 2.24. The van der Waals surface area contributed by atoms with Gasteiger partial charge in [0.2, 0.25) is 0 Å². The summed E-state index contributed by atoms with van der Waals surface area (Å²) in [7, 11) is 0. The molecule has 1 N–H and O–H groups in total. The number of aryl methyl sites for hydroxylation is 1. The Morgan fingerprint density at radius 3 is 2.65 bits per heavy atom. The average molecular weight is 254 g/mol. The van der Waals surface area contributed by atoms with Crippen molar-refractivity contribution < 1.29 is 0 Å². The quantitative estimate of drug-likeness (QED) is 0.714. The summed E-state index contributed by atoms with van der Waals surface area (Å²) in [5, 5.41) is 6.96. The number of aromatic nitrogens is 1. The third-order valence-electron chi connectivity index (χ3n) is 3.11. The molecule has 2 nitrogen and oxygen atoms in total. The molecular weight excluding hydrogens is 228 g/mol. The molecule has 1 aromatic heterocycles. The minimum Gasteiger partial charge on any atom is -0.316 e. The summed E-state index contributed by atoms with van der Waals surface area (Å²) in [6.07, 6.45) is 4.81. The molecule has 0 fully saturated rings. The molecule has 0 spiro atoms. The highest BCUT2D eigenvalue weighted by atomic mass is 32.1. The highest BCUT2D eigenvalue weighted by molar-refractivity contribution is 7.09. The van der Waals surface area contributed by atoms with Crippen molar-refractivity contribution >= 4 is 11.3 Å². The summed E-state index contributed by atoms with van der Waals surface area (Å²) in [4.78, 5) is 4.60. The minimum atomic E-state index is 0.352. The minimum absolute atomic E-state index is 0.352. The van der Waals surface area contributed by atoms with Crippen LogP contribution in [0.1, 0.15) is 50.7 Å². The Morgan fingerprint density at radius 2 is 2.12 bits per heavy atom. The molecule has 0 aliphatic heterocycles. The van der Waals surface area contributed by atoms with E-state index in [1.807, 2.05) is 0 Å². The Balaban J connectivity index is 2.56. The van der Waals surface area contributed by atoms with E-state index in [0.717, 1.165) is 19.5 Å². The molecule has 0 saturated heterocycles. The first-order chi connectivity index (χ1) is 8.09. The molecule has 0 radical (unpaired) electrons. The lowest BCUT2D eigenvalue weighted by Crippen LogP contribution is -2.34. The molecular formula is C14H26N2S. The Hall–Kier alpha value is -0.410. The fraction of sp³-hybridized carbons (Fsp3) is 0.786. The van der Waals surface area contributed by atoms with Crippen LogP contribution < -0.4 is 5.32 Å². The van der Waals surface area contributed by atoms with Gasteiger partial charge >= 0.3 is 0 Å². The number of nitrogens with one attached hydrogen (secondary N) is 1. The van der Waals surface area contributed by atoms with Gasteiger partial charge in [-0.15, -0.1) is 11.3 Å². The van der Waals surface area contributed by atoms with Crippen molar-refractivity contribution in [1.82, 2.24) is 10.3 Å². The van der Waals surface area contributed by atoms with Crippen molar-refractivity contribution in [3.63, 3.8) is 0 Å². The predicted molar refractivity (Wildman–Crippen MR) is 76.7 cm³/mol. The summed E-state index contributed by atoms with van der Waals surface area (Å²) >= 11 is 1.76. The lowest BCUT2D eigenvalue weighted by atomic mass is 9.81. The van der Waals surface area contributed by atoms with Crippen molar-refractivity contribution in [1.29, 1.82) is 0 Å². The van der Waals surface area contributed by atoms with Gasteiger partial charge < -0.3 is 5.32 Å². The van der Waals surface area contributed by atoms with Crippen LogP contribution in [0.5, 0.6) is 0 Å². The number of rotatable bonds is 8. The molecule has 1 aromatic rings. The maximum absolute atomic E-state index is 4.60. The Bertz CT molecular complexity index is 322. The lowest BCUT2D eigenvalue weighted by molar-refractivity contribution is 0.273. The van der Waals surface area contributed by atoms with Gasteiger partial charge in [-0.05, 0) is 38.1 Å². The molecule has 1 rings (SSSR count). The summed E-state index contributed by atoms with van der Waals surface area (Å²) in [6, 6.07) is 0. The fourth-order valence-electron chi connectivity index (χ4n) is 2.34. The number of hydrogen-bond donors (Lipinski definition) is 1. The molecule has 17 heavy (non-hydrogen) atoms. The van der Waals surface area contributed by atoms with Crippen molar-refractivity contribution in [3.05, 3.63) is 16.1 Å². The molecule has 3 heteroatoms. The van der Waals surface area contributed by atoms with Gasteiger partial charge in [-0.1, -0.05) is 27.2 Å². The molecule has 0 aromatic carbocycles. The third-order valence-corrected chi connectivity index (χ3v) is 3.93. The van der Waals surface area contributed by atoms with Gasteiger partial charge in [-0.2, -0.15) is 0 Å². The van der Waals surface area contributed by atoms with Gasteiger partial charge in [0.05, 0.1) is 10.7 Å². The monoisotopic (exact) mass is 254 g/mol. The summed E-state index contributed by atoms with van der Waals surface area (Å²) < 4.78 is 0. The summed E-state index contributed by atoms with van der Waals surface area (Å²) in [5.74, 6) is 0. The first-order valence-corrected chi connectivity index (χ1v) is 7.59. The summed E-state index contributed by atoms with van der Waals surface area (Å²) in [6.45, 7) is 11.2. The second kappa shape index (κ2) is 7.12. The van der Waals surface area contributed by atoms with Crippen LogP contribution in [0, 0.1) is 12.3 Å². The molecule has 1 unspecified atom stereocenters.